The third kappa shape index (κ3) is 4.70. The molecular weight excluding hydrogens is 350 g/mol. The van der Waals surface area contributed by atoms with Crippen molar-refractivity contribution >= 4 is 28.3 Å². The maximum Gasteiger partial charge on any atom is 0.277 e. The van der Waals surface area contributed by atoms with Crippen molar-refractivity contribution in [2.45, 2.75) is 19.4 Å². The predicted molar refractivity (Wildman–Crippen MR) is 98.8 cm³/mol. The van der Waals surface area contributed by atoms with Crippen LogP contribution in [-0.2, 0) is 11.2 Å². The van der Waals surface area contributed by atoms with Gasteiger partial charge in [-0.3, -0.25) is 19.9 Å². The summed E-state index contributed by atoms with van der Waals surface area (Å²) in [6.07, 6.45) is 4.46. The van der Waals surface area contributed by atoms with Gasteiger partial charge in [0.2, 0.25) is 5.91 Å². The molecule has 2 aromatic heterocycles. The van der Waals surface area contributed by atoms with Gasteiger partial charge in [0.25, 0.3) is 5.91 Å². The Hall–Kier alpha value is -3.13. The molecule has 0 aliphatic carbocycles. The van der Waals surface area contributed by atoms with Crippen LogP contribution in [0.15, 0.2) is 54.3 Å². The second-order valence-electron chi connectivity index (χ2n) is 5.57. The molecule has 2 N–H and O–H groups in total. The number of anilines is 1. The van der Waals surface area contributed by atoms with E-state index < -0.39 is 0 Å². The standard InChI is InChI=1S/C18H17N5O2S/c1-12(13-5-3-2-4-6-13)21-16(24)9-14-11-26-18(22-14)23-17(25)15-10-19-7-8-20-15/h2-8,10-12H,9H2,1H3,(H,21,24)(H,22,23,25). The van der Waals surface area contributed by atoms with Gasteiger partial charge in [-0.05, 0) is 12.5 Å². The topological polar surface area (TPSA) is 96.9 Å². The van der Waals surface area contributed by atoms with Crippen LogP contribution < -0.4 is 10.6 Å². The average Bonchev–Trinajstić information content (AvgIpc) is 3.09. The molecule has 0 aliphatic rings. The van der Waals surface area contributed by atoms with E-state index in [1.54, 1.807) is 5.38 Å². The van der Waals surface area contributed by atoms with E-state index in [4.69, 9.17) is 0 Å². The summed E-state index contributed by atoms with van der Waals surface area (Å²) in [4.78, 5) is 36.3. The molecule has 0 fully saturated rings. The molecule has 0 radical (unpaired) electrons. The Morgan fingerprint density at radius 1 is 1.19 bits per heavy atom. The van der Waals surface area contributed by atoms with Crippen LogP contribution in [0.4, 0.5) is 5.13 Å². The van der Waals surface area contributed by atoms with Gasteiger partial charge < -0.3 is 5.32 Å². The SMILES string of the molecule is CC(NC(=O)Cc1csc(NC(=O)c2cnccn2)n1)c1ccccc1. The second kappa shape index (κ2) is 8.30. The van der Waals surface area contributed by atoms with Gasteiger partial charge in [0.05, 0.1) is 24.4 Å². The molecule has 3 aromatic rings. The highest BCUT2D eigenvalue weighted by atomic mass is 32.1. The zero-order valence-corrected chi connectivity index (χ0v) is 14.9. The van der Waals surface area contributed by atoms with E-state index >= 15 is 0 Å². The molecule has 132 valence electrons. The Kier molecular flexibility index (Phi) is 5.65. The third-order valence-electron chi connectivity index (χ3n) is 3.59. The highest BCUT2D eigenvalue weighted by Crippen LogP contribution is 2.17. The van der Waals surface area contributed by atoms with E-state index in [9.17, 15) is 9.59 Å². The lowest BCUT2D eigenvalue weighted by Crippen LogP contribution is -2.28. The number of nitrogens with zero attached hydrogens (tertiary/aromatic N) is 3. The van der Waals surface area contributed by atoms with Gasteiger partial charge in [-0.1, -0.05) is 30.3 Å². The van der Waals surface area contributed by atoms with Crippen molar-refractivity contribution < 1.29 is 9.59 Å². The normalized spacial score (nSPS) is 11.6. The van der Waals surface area contributed by atoms with Gasteiger partial charge in [-0.25, -0.2) is 9.97 Å². The Morgan fingerprint density at radius 2 is 2.00 bits per heavy atom. The Bertz CT molecular complexity index is 883. The number of carbonyl (C=O) groups is 2. The quantitative estimate of drug-likeness (QED) is 0.698. The number of hydrogen-bond acceptors (Lipinski definition) is 6. The number of carbonyl (C=O) groups excluding carboxylic acids is 2. The first kappa shape index (κ1) is 17.7. The maximum atomic E-state index is 12.2. The van der Waals surface area contributed by atoms with Crippen molar-refractivity contribution in [3.63, 3.8) is 0 Å². The zero-order valence-electron chi connectivity index (χ0n) is 14.0. The first-order valence-corrected chi connectivity index (χ1v) is 8.86. The van der Waals surface area contributed by atoms with Gasteiger partial charge in [0.15, 0.2) is 5.13 Å². The van der Waals surface area contributed by atoms with Gasteiger partial charge in [0, 0.05) is 17.8 Å². The number of amides is 2. The summed E-state index contributed by atoms with van der Waals surface area (Å²) in [5.41, 5.74) is 1.84. The Balaban J connectivity index is 1.55. The van der Waals surface area contributed by atoms with Crippen LogP contribution >= 0.6 is 11.3 Å². The third-order valence-corrected chi connectivity index (χ3v) is 4.39. The molecule has 1 atom stereocenters. The summed E-state index contributed by atoms with van der Waals surface area (Å²) in [7, 11) is 0. The van der Waals surface area contributed by atoms with E-state index in [2.05, 4.69) is 25.6 Å². The Labute approximate surface area is 154 Å². The first-order valence-electron chi connectivity index (χ1n) is 7.98. The number of rotatable bonds is 6. The van der Waals surface area contributed by atoms with Crippen LogP contribution in [0.1, 0.15) is 34.7 Å². The molecule has 0 bridgehead atoms. The lowest BCUT2D eigenvalue weighted by Gasteiger charge is -2.13. The van der Waals surface area contributed by atoms with Crippen molar-refractivity contribution in [1.82, 2.24) is 20.3 Å². The molecular formula is C18H17N5O2S. The molecule has 3 rings (SSSR count). The summed E-state index contributed by atoms with van der Waals surface area (Å²) in [5.74, 6) is -0.514. The zero-order chi connectivity index (χ0) is 18.4. The molecule has 1 aromatic carbocycles. The van der Waals surface area contributed by atoms with Gasteiger partial charge in [0.1, 0.15) is 5.69 Å². The monoisotopic (exact) mass is 367 g/mol. The van der Waals surface area contributed by atoms with Gasteiger partial charge >= 0.3 is 0 Å². The fraction of sp³-hybridized carbons (Fsp3) is 0.167. The molecule has 2 amide bonds. The fourth-order valence-electron chi connectivity index (χ4n) is 2.31. The van der Waals surface area contributed by atoms with E-state index in [1.165, 1.54) is 29.9 Å². The van der Waals surface area contributed by atoms with Crippen LogP contribution in [0, 0.1) is 0 Å². The first-order chi connectivity index (χ1) is 12.6. The summed E-state index contributed by atoms with van der Waals surface area (Å²) < 4.78 is 0. The minimum absolute atomic E-state index is 0.0850. The fourth-order valence-corrected chi connectivity index (χ4v) is 3.01. The minimum atomic E-state index is -0.388. The van der Waals surface area contributed by atoms with E-state index in [0.29, 0.717) is 10.8 Å². The highest BCUT2D eigenvalue weighted by Gasteiger charge is 2.14. The molecule has 0 saturated carbocycles. The maximum absolute atomic E-state index is 12.2. The van der Waals surface area contributed by atoms with E-state index in [0.717, 1.165) is 5.56 Å². The highest BCUT2D eigenvalue weighted by molar-refractivity contribution is 7.14. The smallest absolute Gasteiger partial charge is 0.277 e. The van der Waals surface area contributed by atoms with Crippen LogP contribution in [0.5, 0.6) is 0 Å². The van der Waals surface area contributed by atoms with Crippen molar-refractivity contribution in [3.05, 3.63) is 71.3 Å². The Morgan fingerprint density at radius 3 is 2.73 bits per heavy atom. The second-order valence-corrected chi connectivity index (χ2v) is 6.42. The van der Waals surface area contributed by atoms with Crippen molar-refractivity contribution in [2.75, 3.05) is 5.32 Å². The molecule has 2 heterocycles. The molecule has 8 heteroatoms. The molecule has 1 unspecified atom stereocenters. The lowest BCUT2D eigenvalue weighted by molar-refractivity contribution is -0.121. The summed E-state index contributed by atoms with van der Waals surface area (Å²) >= 11 is 1.26. The summed E-state index contributed by atoms with van der Waals surface area (Å²) in [5, 5.41) is 7.76. The van der Waals surface area contributed by atoms with Crippen LogP contribution in [0.3, 0.4) is 0 Å². The van der Waals surface area contributed by atoms with Gasteiger partial charge in [-0.2, -0.15) is 0 Å². The lowest BCUT2D eigenvalue weighted by atomic mass is 10.1. The number of nitrogens with one attached hydrogen (secondary N) is 2. The molecule has 26 heavy (non-hydrogen) atoms. The predicted octanol–water partition coefficient (Wildman–Crippen LogP) is 2.61. The molecule has 7 nitrogen and oxygen atoms in total. The number of thiazole rings is 1. The number of benzene rings is 1. The molecule has 0 spiro atoms. The average molecular weight is 367 g/mol. The van der Waals surface area contributed by atoms with Crippen molar-refractivity contribution in [3.8, 4) is 0 Å². The molecule has 0 aliphatic heterocycles. The minimum Gasteiger partial charge on any atom is -0.349 e. The van der Waals surface area contributed by atoms with Crippen LogP contribution in [-0.4, -0.2) is 26.8 Å². The van der Waals surface area contributed by atoms with E-state index in [1.807, 2.05) is 37.3 Å². The van der Waals surface area contributed by atoms with Crippen molar-refractivity contribution in [1.29, 1.82) is 0 Å². The molecule has 0 saturated heterocycles. The van der Waals surface area contributed by atoms with E-state index in [-0.39, 0.29) is 30.0 Å². The number of aromatic nitrogens is 3. The van der Waals surface area contributed by atoms with Crippen LogP contribution in [0.25, 0.3) is 0 Å². The summed E-state index contributed by atoms with van der Waals surface area (Å²) in [6, 6.07) is 9.65. The number of hydrogen-bond donors (Lipinski definition) is 2. The van der Waals surface area contributed by atoms with Crippen molar-refractivity contribution in [2.24, 2.45) is 0 Å². The van der Waals surface area contributed by atoms with Gasteiger partial charge in [-0.15, -0.1) is 11.3 Å². The summed E-state index contributed by atoms with van der Waals surface area (Å²) in [6.45, 7) is 1.93. The largest absolute Gasteiger partial charge is 0.349 e. The van der Waals surface area contributed by atoms with Crippen LogP contribution in [0.2, 0.25) is 0 Å².